The normalized spacial score (nSPS) is 29.2. The van der Waals surface area contributed by atoms with Gasteiger partial charge in [-0.05, 0) is 37.8 Å². The van der Waals surface area contributed by atoms with E-state index in [1.807, 2.05) is 4.90 Å². The Morgan fingerprint density at radius 3 is 2.62 bits per heavy atom. The number of likely N-dealkylation sites (tertiary alicyclic amines) is 2. The van der Waals surface area contributed by atoms with E-state index in [1.165, 1.54) is 4.31 Å². The van der Waals surface area contributed by atoms with Gasteiger partial charge in [-0.1, -0.05) is 18.2 Å². The van der Waals surface area contributed by atoms with Crippen LogP contribution in [0.3, 0.4) is 0 Å². The highest BCUT2D eigenvalue weighted by molar-refractivity contribution is 7.89. The summed E-state index contributed by atoms with van der Waals surface area (Å²) in [6, 6.07) is 8.03. The summed E-state index contributed by atoms with van der Waals surface area (Å²) in [6.45, 7) is 2.63. The maximum absolute atomic E-state index is 13.1. The van der Waals surface area contributed by atoms with Crippen LogP contribution in [0.4, 0.5) is 4.79 Å². The lowest BCUT2D eigenvalue weighted by atomic mass is 9.87. The Kier molecular flexibility index (Phi) is 6.30. The summed E-state index contributed by atoms with van der Waals surface area (Å²) in [4.78, 5) is 28.7. The molecule has 0 bridgehead atoms. The smallest absolute Gasteiger partial charge is 0.320 e. The molecule has 10 nitrogen and oxygen atoms in total. The van der Waals surface area contributed by atoms with Crippen LogP contribution in [-0.2, 0) is 24.3 Å². The van der Waals surface area contributed by atoms with Crippen molar-refractivity contribution >= 4 is 22.0 Å². The number of urea groups is 1. The number of benzene rings is 1. The highest BCUT2D eigenvalue weighted by atomic mass is 32.2. The Bertz CT molecular complexity index is 1030. The molecule has 0 radical (unpaired) electrons. The van der Waals surface area contributed by atoms with Gasteiger partial charge in [0.1, 0.15) is 6.61 Å². The number of sulfonamides is 1. The van der Waals surface area contributed by atoms with Gasteiger partial charge in [0, 0.05) is 33.2 Å². The Morgan fingerprint density at radius 1 is 1.15 bits per heavy atom. The number of nitrogens with zero attached hydrogens (tertiary/aromatic N) is 3. The lowest BCUT2D eigenvalue weighted by molar-refractivity contribution is -0.139. The fourth-order valence-electron chi connectivity index (χ4n) is 5.54. The van der Waals surface area contributed by atoms with Crippen molar-refractivity contribution in [3.63, 3.8) is 0 Å². The van der Waals surface area contributed by atoms with E-state index in [1.54, 1.807) is 42.3 Å². The highest BCUT2D eigenvalue weighted by Gasteiger charge is 2.47. The second-order valence-corrected chi connectivity index (χ2v) is 11.7. The van der Waals surface area contributed by atoms with Gasteiger partial charge in [-0.3, -0.25) is 4.79 Å². The second-order valence-electron chi connectivity index (χ2n) is 9.71. The number of ether oxygens (including phenoxy) is 2. The zero-order chi connectivity index (χ0) is 23.9. The third-order valence-corrected chi connectivity index (χ3v) is 9.59. The minimum atomic E-state index is -3.59. The summed E-state index contributed by atoms with van der Waals surface area (Å²) in [5.41, 5.74) is -0.403. The predicted octanol–water partition coefficient (Wildman–Crippen LogP) is 0.640. The van der Waals surface area contributed by atoms with E-state index in [0.717, 1.165) is 0 Å². The van der Waals surface area contributed by atoms with Crippen LogP contribution in [0.5, 0.6) is 0 Å². The summed E-state index contributed by atoms with van der Waals surface area (Å²) in [6.07, 6.45) is 2.65. The highest BCUT2D eigenvalue weighted by Crippen LogP contribution is 2.39. The van der Waals surface area contributed by atoms with Crippen molar-refractivity contribution < 1.29 is 27.5 Å². The molecule has 0 saturated carbocycles. The Hall–Kier alpha value is -2.21. The van der Waals surface area contributed by atoms with Crippen LogP contribution in [0.15, 0.2) is 35.2 Å². The van der Waals surface area contributed by atoms with Crippen molar-refractivity contribution in [3.8, 4) is 0 Å². The van der Waals surface area contributed by atoms with E-state index in [9.17, 15) is 18.0 Å². The molecule has 3 amide bonds. The molecule has 0 aliphatic carbocycles. The van der Waals surface area contributed by atoms with Gasteiger partial charge in [0.05, 0.1) is 35.3 Å². The van der Waals surface area contributed by atoms with Gasteiger partial charge in [-0.15, -0.1) is 0 Å². The summed E-state index contributed by atoms with van der Waals surface area (Å²) >= 11 is 0. The number of morpholine rings is 1. The molecule has 5 rings (SSSR count). The minimum absolute atomic E-state index is 0.0218. The SMILES string of the molecule is CN([C@H]1COC2(CCN(C(=O)N3CC[C@@H]4OCC(=O)N[C@@H]4C3)CC2)C1)S(=O)(=O)c1ccccc1. The van der Waals surface area contributed by atoms with Gasteiger partial charge >= 0.3 is 6.03 Å². The number of likely N-dealkylation sites (N-methyl/N-ethyl adjacent to an activating group) is 1. The lowest BCUT2D eigenvalue weighted by Crippen LogP contribution is -2.63. The molecule has 11 heteroatoms. The minimum Gasteiger partial charge on any atom is -0.373 e. The van der Waals surface area contributed by atoms with Crippen molar-refractivity contribution in [3.05, 3.63) is 30.3 Å². The molecule has 3 atom stereocenters. The molecule has 4 heterocycles. The quantitative estimate of drug-likeness (QED) is 0.664. The number of carbonyl (C=O) groups excluding carboxylic acids is 2. The van der Waals surface area contributed by atoms with Gasteiger partial charge in [0.25, 0.3) is 0 Å². The summed E-state index contributed by atoms with van der Waals surface area (Å²) in [5, 5.41) is 2.93. The van der Waals surface area contributed by atoms with Crippen molar-refractivity contribution in [2.75, 3.05) is 46.4 Å². The Balaban J connectivity index is 1.16. The van der Waals surface area contributed by atoms with Crippen molar-refractivity contribution in [2.24, 2.45) is 0 Å². The first kappa shape index (κ1) is 23.5. The standard InChI is InChI=1S/C23H32N4O6S/c1-25(34(30,31)18-5-3-2-4-6-18)17-13-23(33-15-17)8-11-26(12-9-23)22(29)27-10-7-20-19(14-27)24-21(28)16-32-20/h2-6,17,19-20H,7-16H2,1H3,(H,24,28)/t17-,19-,20+/m1/s1. The van der Waals surface area contributed by atoms with Gasteiger partial charge in [-0.25, -0.2) is 13.2 Å². The molecule has 4 saturated heterocycles. The van der Waals surface area contributed by atoms with Crippen LogP contribution in [0, 0.1) is 0 Å². The number of hydrogen-bond donors (Lipinski definition) is 1. The van der Waals surface area contributed by atoms with Gasteiger partial charge < -0.3 is 24.6 Å². The van der Waals surface area contributed by atoms with E-state index < -0.39 is 15.6 Å². The molecule has 1 aromatic carbocycles. The number of fused-ring (bicyclic) bond motifs is 1. The number of amides is 3. The van der Waals surface area contributed by atoms with Crippen LogP contribution in [0.25, 0.3) is 0 Å². The molecule has 0 unspecified atom stereocenters. The van der Waals surface area contributed by atoms with Crippen molar-refractivity contribution in [1.82, 2.24) is 19.4 Å². The number of nitrogens with one attached hydrogen (secondary N) is 1. The number of rotatable bonds is 3. The molecule has 4 aliphatic heterocycles. The monoisotopic (exact) mass is 492 g/mol. The third kappa shape index (κ3) is 4.41. The zero-order valence-electron chi connectivity index (χ0n) is 19.4. The summed E-state index contributed by atoms with van der Waals surface area (Å²) < 4.78 is 39.2. The Morgan fingerprint density at radius 2 is 1.88 bits per heavy atom. The second kappa shape index (κ2) is 9.10. The fraction of sp³-hybridized carbons (Fsp3) is 0.652. The van der Waals surface area contributed by atoms with E-state index >= 15 is 0 Å². The van der Waals surface area contributed by atoms with E-state index in [4.69, 9.17) is 9.47 Å². The van der Waals surface area contributed by atoms with E-state index in [2.05, 4.69) is 5.32 Å². The average Bonchev–Trinajstić information content (AvgIpc) is 3.26. The summed E-state index contributed by atoms with van der Waals surface area (Å²) in [5.74, 6) is -0.136. The van der Waals surface area contributed by atoms with Gasteiger partial charge in [0.2, 0.25) is 15.9 Å². The third-order valence-electron chi connectivity index (χ3n) is 7.66. The first-order valence-corrected chi connectivity index (χ1v) is 13.3. The molecule has 34 heavy (non-hydrogen) atoms. The topological polar surface area (TPSA) is 108 Å². The molecule has 1 spiro atoms. The molecule has 1 aromatic rings. The van der Waals surface area contributed by atoms with E-state index in [0.29, 0.717) is 58.5 Å². The number of carbonyl (C=O) groups is 2. The molecule has 4 fully saturated rings. The van der Waals surface area contributed by atoms with Crippen molar-refractivity contribution in [1.29, 1.82) is 0 Å². The predicted molar refractivity (Wildman–Crippen MR) is 123 cm³/mol. The molecule has 186 valence electrons. The zero-order valence-corrected chi connectivity index (χ0v) is 20.2. The lowest BCUT2D eigenvalue weighted by Gasteiger charge is -2.44. The van der Waals surface area contributed by atoms with Crippen LogP contribution in [-0.4, -0.2) is 105 Å². The van der Waals surface area contributed by atoms with Gasteiger partial charge in [-0.2, -0.15) is 4.31 Å². The maximum atomic E-state index is 13.1. The molecule has 1 N–H and O–H groups in total. The van der Waals surface area contributed by atoms with Crippen LogP contribution in [0.1, 0.15) is 25.7 Å². The first-order chi connectivity index (χ1) is 16.3. The van der Waals surface area contributed by atoms with Crippen molar-refractivity contribution in [2.45, 2.75) is 54.4 Å². The molecular formula is C23H32N4O6S. The van der Waals surface area contributed by atoms with E-state index in [-0.39, 0.29) is 41.6 Å². The molecular weight excluding hydrogens is 460 g/mol. The first-order valence-electron chi connectivity index (χ1n) is 11.9. The fourth-order valence-corrected chi connectivity index (χ4v) is 6.90. The van der Waals surface area contributed by atoms with Crippen LogP contribution >= 0.6 is 0 Å². The largest absolute Gasteiger partial charge is 0.373 e. The molecule has 0 aromatic heterocycles. The number of piperidine rings is 2. The summed E-state index contributed by atoms with van der Waals surface area (Å²) in [7, 11) is -1.97. The average molecular weight is 493 g/mol. The Labute approximate surface area is 200 Å². The van der Waals surface area contributed by atoms with Gasteiger partial charge in [0.15, 0.2) is 0 Å². The van der Waals surface area contributed by atoms with Crippen LogP contribution < -0.4 is 5.32 Å². The number of hydrogen-bond acceptors (Lipinski definition) is 6. The maximum Gasteiger partial charge on any atom is 0.320 e. The van der Waals surface area contributed by atoms with Crippen LogP contribution in [0.2, 0.25) is 0 Å². The molecule has 4 aliphatic rings.